The molecular weight excluding hydrogens is 200 g/mol. The fraction of sp³-hybridized carbons (Fsp3) is 0.308. The van der Waals surface area contributed by atoms with Crippen LogP contribution in [0.3, 0.4) is 0 Å². The van der Waals surface area contributed by atoms with E-state index in [1.54, 1.807) is 0 Å². The molecule has 0 amide bonds. The summed E-state index contributed by atoms with van der Waals surface area (Å²) >= 11 is 0. The lowest BCUT2D eigenvalue weighted by atomic mass is 10.0. The van der Waals surface area contributed by atoms with Gasteiger partial charge in [-0.1, -0.05) is 11.6 Å². The van der Waals surface area contributed by atoms with Crippen LogP contribution in [-0.4, -0.2) is 17.3 Å². The van der Waals surface area contributed by atoms with Gasteiger partial charge in [0.15, 0.2) is 5.78 Å². The molecule has 0 bridgehead atoms. The Morgan fingerprint density at radius 1 is 1.38 bits per heavy atom. The van der Waals surface area contributed by atoms with Crippen LogP contribution in [0.25, 0.3) is 10.9 Å². The maximum Gasteiger partial charge on any atom is 0.166 e. The number of hydrogen-bond donors (Lipinski definition) is 2. The number of ketones is 1. The highest BCUT2D eigenvalue weighted by atomic mass is 16.1. The quantitative estimate of drug-likeness (QED) is 0.773. The first kappa shape index (κ1) is 10.9. The smallest absolute Gasteiger partial charge is 0.166 e. The van der Waals surface area contributed by atoms with Crippen LogP contribution in [0.15, 0.2) is 18.2 Å². The van der Waals surface area contributed by atoms with Gasteiger partial charge in [-0.15, -0.1) is 0 Å². The third-order valence-corrected chi connectivity index (χ3v) is 2.79. The summed E-state index contributed by atoms with van der Waals surface area (Å²) < 4.78 is 0. The molecule has 0 aliphatic rings. The van der Waals surface area contributed by atoms with Gasteiger partial charge in [0.2, 0.25) is 0 Å². The Kier molecular flexibility index (Phi) is 2.79. The van der Waals surface area contributed by atoms with Crippen molar-refractivity contribution in [2.45, 2.75) is 20.3 Å². The van der Waals surface area contributed by atoms with Crippen molar-refractivity contribution in [1.29, 1.82) is 0 Å². The lowest BCUT2D eigenvalue weighted by molar-refractivity contribution is 0.0986. The summed E-state index contributed by atoms with van der Waals surface area (Å²) in [4.78, 5) is 15.2. The molecule has 3 heteroatoms. The summed E-state index contributed by atoms with van der Waals surface area (Å²) in [5.41, 5.74) is 9.33. The van der Waals surface area contributed by atoms with E-state index in [2.05, 4.69) is 4.98 Å². The molecule has 84 valence electrons. The zero-order chi connectivity index (χ0) is 11.7. The minimum atomic E-state index is 0.122. The molecule has 16 heavy (non-hydrogen) atoms. The molecule has 0 atom stereocenters. The van der Waals surface area contributed by atoms with Crippen molar-refractivity contribution in [3.63, 3.8) is 0 Å². The monoisotopic (exact) mass is 216 g/mol. The SMILES string of the molecule is Cc1ccc2[nH]c(C)c(C(=O)CCN)c2c1. The van der Waals surface area contributed by atoms with Gasteiger partial charge in [-0.3, -0.25) is 4.79 Å². The normalized spacial score (nSPS) is 10.9. The van der Waals surface area contributed by atoms with E-state index in [9.17, 15) is 4.79 Å². The fourth-order valence-electron chi connectivity index (χ4n) is 2.06. The number of aromatic nitrogens is 1. The maximum absolute atomic E-state index is 12.0. The van der Waals surface area contributed by atoms with Crippen LogP contribution in [0, 0.1) is 13.8 Å². The second-order valence-electron chi connectivity index (χ2n) is 4.14. The Morgan fingerprint density at radius 2 is 2.12 bits per heavy atom. The van der Waals surface area contributed by atoms with E-state index in [-0.39, 0.29) is 5.78 Å². The van der Waals surface area contributed by atoms with Gasteiger partial charge >= 0.3 is 0 Å². The van der Waals surface area contributed by atoms with Gasteiger partial charge in [0.1, 0.15) is 0 Å². The average Bonchev–Trinajstić information content (AvgIpc) is 2.53. The number of H-pyrrole nitrogens is 1. The number of carbonyl (C=O) groups is 1. The molecule has 3 N–H and O–H groups in total. The molecule has 0 saturated carbocycles. The first-order valence-corrected chi connectivity index (χ1v) is 5.45. The molecule has 1 aromatic heterocycles. The lowest BCUT2D eigenvalue weighted by Gasteiger charge is -1.99. The predicted molar refractivity (Wildman–Crippen MR) is 65.8 cm³/mol. The molecule has 0 aliphatic carbocycles. The van der Waals surface area contributed by atoms with Crippen LogP contribution in [0.5, 0.6) is 0 Å². The molecule has 1 heterocycles. The molecule has 0 radical (unpaired) electrons. The number of fused-ring (bicyclic) bond motifs is 1. The van der Waals surface area contributed by atoms with E-state index in [4.69, 9.17) is 5.73 Å². The van der Waals surface area contributed by atoms with Crippen molar-refractivity contribution >= 4 is 16.7 Å². The van der Waals surface area contributed by atoms with Gasteiger partial charge < -0.3 is 10.7 Å². The Morgan fingerprint density at radius 3 is 2.81 bits per heavy atom. The minimum absolute atomic E-state index is 0.122. The lowest BCUT2D eigenvalue weighted by Crippen LogP contribution is -2.08. The largest absolute Gasteiger partial charge is 0.358 e. The van der Waals surface area contributed by atoms with E-state index < -0.39 is 0 Å². The van der Waals surface area contributed by atoms with Crippen LogP contribution in [0.1, 0.15) is 28.0 Å². The third-order valence-electron chi connectivity index (χ3n) is 2.79. The molecule has 0 spiro atoms. The Bertz CT molecular complexity index is 540. The van der Waals surface area contributed by atoms with Crippen molar-refractivity contribution in [2.75, 3.05) is 6.54 Å². The molecule has 1 aromatic carbocycles. The van der Waals surface area contributed by atoms with Gasteiger partial charge in [-0.05, 0) is 32.5 Å². The van der Waals surface area contributed by atoms with E-state index >= 15 is 0 Å². The molecular formula is C13H16N2O. The van der Waals surface area contributed by atoms with Gasteiger partial charge in [0.25, 0.3) is 0 Å². The van der Waals surface area contributed by atoms with E-state index in [0.717, 1.165) is 27.7 Å². The van der Waals surface area contributed by atoms with Crippen LogP contribution in [0.2, 0.25) is 0 Å². The highest BCUT2D eigenvalue weighted by molar-refractivity contribution is 6.09. The number of rotatable bonds is 3. The van der Waals surface area contributed by atoms with E-state index in [0.29, 0.717) is 13.0 Å². The number of hydrogen-bond acceptors (Lipinski definition) is 2. The fourth-order valence-corrected chi connectivity index (χ4v) is 2.06. The second kappa shape index (κ2) is 4.10. The first-order chi connectivity index (χ1) is 7.63. The van der Waals surface area contributed by atoms with Crippen molar-refractivity contribution < 1.29 is 4.79 Å². The van der Waals surface area contributed by atoms with Crippen LogP contribution in [-0.2, 0) is 0 Å². The van der Waals surface area contributed by atoms with Crippen molar-refractivity contribution in [3.05, 3.63) is 35.0 Å². The summed E-state index contributed by atoms with van der Waals surface area (Å²) in [7, 11) is 0. The topological polar surface area (TPSA) is 58.9 Å². The van der Waals surface area contributed by atoms with Gasteiger partial charge in [0, 0.05) is 28.6 Å². The molecule has 3 nitrogen and oxygen atoms in total. The van der Waals surface area contributed by atoms with Crippen LogP contribution in [0.4, 0.5) is 0 Å². The van der Waals surface area contributed by atoms with Crippen molar-refractivity contribution in [2.24, 2.45) is 5.73 Å². The molecule has 0 saturated heterocycles. The summed E-state index contributed by atoms with van der Waals surface area (Å²) in [5.74, 6) is 0.122. The standard InChI is InChI=1S/C13H16N2O/c1-8-3-4-11-10(7-8)13(9(2)15-11)12(16)5-6-14/h3-4,7,15H,5-6,14H2,1-2H3. The minimum Gasteiger partial charge on any atom is -0.358 e. The highest BCUT2D eigenvalue weighted by Crippen LogP contribution is 2.24. The zero-order valence-corrected chi connectivity index (χ0v) is 9.63. The van der Waals surface area contributed by atoms with Crippen molar-refractivity contribution in [1.82, 2.24) is 4.98 Å². The number of aryl methyl sites for hydroxylation is 2. The number of aromatic amines is 1. The summed E-state index contributed by atoms with van der Waals surface area (Å²) in [6.45, 7) is 4.36. The third kappa shape index (κ3) is 1.74. The van der Waals surface area contributed by atoms with Gasteiger partial charge in [-0.25, -0.2) is 0 Å². The zero-order valence-electron chi connectivity index (χ0n) is 9.63. The maximum atomic E-state index is 12.0. The number of Topliss-reactive ketones (excluding diaryl/α,β-unsaturated/α-hetero) is 1. The Hall–Kier alpha value is -1.61. The number of benzene rings is 1. The summed E-state index contributed by atoms with van der Waals surface area (Å²) in [6, 6.07) is 6.09. The predicted octanol–water partition coefficient (Wildman–Crippen LogP) is 2.32. The number of nitrogens with one attached hydrogen (secondary N) is 1. The first-order valence-electron chi connectivity index (χ1n) is 5.45. The van der Waals surface area contributed by atoms with Gasteiger partial charge in [-0.2, -0.15) is 0 Å². The van der Waals surface area contributed by atoms with Crippen molar-refractivity contribution in [3.8, 4) is 0 Å². The second-order valence-corrected chi connectivity index (χ2v) is 4.14. The molecule has 2 rings (SSSR count). The number of carbonyl (C=O) groups excluding carboxylic acids is 1. The van der Waals surface area contributed by atoms with Crippen LogP contribution < -0.4 is 5.73 Å². The van der Waals surface area contributed by atoms with E-state index in [1.165, 1.54) is 0 Å². The molecule has 0 fully saturated rings. The Balaban J connectivity index is 2.62. The Labute approximate surface area is 94.6 Å². The van der Waals surface area contributed by atoms with E-state index in [1.807, 2.05) is 32.0 Å². The number of nitrogens with two attached hydrogens (primary N) is 1. The van der Waals surface area contributed by atoms with Crippen LogP contribution >= 0.6 is 0 Å². The average molecular weight is 216 g/mol. The summed E-state index contributed by atoms with van der Waals surface area (Å²) in [6.07, 6.45) is 0.404. The molecule has 2 aromatic rings. The summed E-state index contributed by atoms with van der Waals surface area (Å²) in [5, 5.41) is 1.01. The molecule has 0 aliphatic heterocycles. The molecule has 0 unspecified atom stereocenters. The highest BCUT2D eigenvalue weighted by Gasteiger charge is 2.14. The van der Waals surface area contributed by atoms with Gasteiger partial charge in [0.05, 0.1) is 0 Å².